The van der Waals surface area contributed by atoms with Gasteiger partial charge in [0.25, 0.3) is 5.91 Å². The number of hydrogen-bond donors (Lipinski definition) is 2. The van der Waals surface area contributed by atoms with Crippen molar-refractivity contribution in [2.75, 3.05) is 12.0 Å². The lowest BCUT2D eigenvalue weighted by molar-refractivity contribution is -0.143. The molecule has 1 heterocycles. The van der Waals surface area contributed by atoms with Crippen LogP contribution >= 0.6 is 11.6 Å². The van der Waals surface area contributed by atoms with Crippen molar-refractivity contribution in [3.05, 3.63) is 58.1 Å². The van der Waals surface area contributed by atoms with Gasteiger partial charge in [-0.3, -0.25) is 4.79 Å². The van der Waals surface area contributed by atoms with E-state index in [0.717, 1.165) is 26.0 Å². The number of amides is 3. The SMILES string of the molecule is COc1ccc(Cl)cc1[C@]1(F)C(=O)N(C(=O)NC(C)(C)C(=O)O)c2cc(C(F)(F)F)ccc21. The van der Waals surface area contributed by atoms with Crippen molar-refractivity contribution in [3.63, 3.8) is 0 Å². The van der Waals surface area contributed by atoms with Crippen LogP contribution in [0.15, 0.2) is 36.4 Å². The van der Waals surface area contributed by atoms with Gasteiger partial charge in [-0.25, -0.2) is 18.9 Å². The van der Waals surface area contributed by atoms with Crippen LogP contribution in [0.4, 0.5) is 28.0 Å². The molecule has 0 bridgehead atoms. The maximum atomic E-state index is 16.6. The first-order valence-corrected chi connectivity index (χ1v) is 9.67. The van der Waals surface area contributed by atoms with Crippen molar-refractivity contribution in [1.29, 1.82) is 0 Å². The first kappa shape index (κ1) is 24.3. The molecule has 7 nitrogen and oxygen atoms in total. The minimum Gasteiger partial charge on any atom is -0.496 e. The van der Waals surface area contributed by atoms with Crippen LogP contribution in [0.2, 0.25) is 5.02 Å². The Labute approximate surface area is 189 Å². The number of nitrogens with one attached hydrogen (secondary N) is 1. The Bertz CT molecular complexity index is 1170. The molecule has 0 fully saturated rings. The second-order valence-corrected chi connectivity index (χ2v) is 8.17. The maximum absolute atomic E-state index is 16.6. The Morgan fingerprint density at radius 2 is 1.76 bits per heavy atom. The second kappa shape index (κ2) is 7.91. The molecule has 33 heavy (non-hydrogen) atoms. The third-order valence-electron chi connectivity index (χ3n) is 5.12. The molecule has 0 saturated carbocycles. The molecule has 1 aliphatic heterocycles. The zero-order valence-electron chi connectivity index (χ0n) is 17.4. The number of urea groups is 1. The highest BCUT2D eigenvalue weighted by molar-refractivity contribution is 6.31. The van der Waals surface area contributed by atoms with Gasteiger partial charge in [0.05, 0.1) is 18.4 Å². The molecule has 2 N–H and O–H groups in total. The minimum atomic E-state index is -4.87. The van der Waals surface area contributed by atoms with Crippen LogP contribution in [0.3, 0.4) is 0 Å². The normalized spacial score (nSPS) is 18.2. The predicted molar refractivity (Wildman–Crippen MR) is 109 cm³/mol. The number of carboxylic acid groups (broad SMARTS) is 1. The van der Waals surface area contributed by atoms with Gasteiger partial charge in [-0.2, -0.15) is 13.2 Å². The molecule has 3 rings (SSSR count). The van der Waals surface area contributed by atoms with E-state index in [-0.39, 0.29) is 15.7 Å². The fourth-order valence-electron chi connectivity index (χ4n) is 3.35. The molecule has 176 valence electrons. The van der Waals surface area contributed by atoms with E-state index in [0.29, 0.717) is 12.1 Å². The summed E-state index contributed by atoms with van der Waals surface area (Å²) < 4.78 is 61.7. The molecule has 0 spiro atoms. The third-order valence-corrected chi connectivity index (χ3v) is 5.36. The topological polar surface area (TPSA) is 95.9 Å². The number of methoxy groups -OCH3 is 1. The Kier molecular flexibility index (Phi) is 5.82. The van der Waals surface area contributed by atoms with Crippen molar-refractivity contribution in [2.24, 2.45) is 0 Å². The van der Waals surface area contributed by atoms with E-state index in [9.17, 15) is 32.7 Å². The zero-order chi connectivity index (χ0) is 24.9. The Hall–Kier alpha value is -3.34. The number of rotatable bonds is 4. The number of carbonyl (C=O) groups is 3. The van der Waals surface area contributed by atoms with E-state index in [4.69, 9.17) is 16.3 Å². The number of hydrogen-bond acceptors (Lipinski definition) is 4. The number of halogens is 5. The van der Waals surface area contributed by atoms with Crippen LogP contribution in [0.1, 0.15) is 30.5 Å². The number of nitrogens with zero attached hydrogens (tertiary/aromatic N) is 1. The number of aliphatic carboxylic acids is 1. The van der Waals surface area contributed by atoms with Gasteiger partial charge in [-0.05, 0) is 44.2 Å². The number of anilines is 1. The minimum absolute atomic E-state index is 0.000927. The van der Waals surface area contributed by atoms with Crippen molar-refractivity contribution < 1.29 is 41.8 Å². The van der Waals surface area contributed by atoms with Gasteiger partial charge in [0, 0.05) is 16.1 Å². The third kappa shape index (κ3) is 3.97. The molecule has 0 aliphatic carbocycles. The van der Waals surface area contributed by atoms with Crippen LogP contribution in [0, 0.1) is 0 Å². The first-order valence-electron chi connectivity index (χ1n) is 9.29. The van der Waals surface area contributed by atoms with Crippen LogP contribution in [-0.4, -0.2) is 35.7 Å². The lowest BCUT2D eigenvalue weighted by Crippen LogP contribution is -2.56. The quantitative estimate of drug-likeness (QED) is 0.618. The van der Waals surface area contributed by atoms with Gasteiger partial charge < -0.3 is 15.2 Å². The Balaban J connectivity index is 2.27. The van der Waals surface area contributed by atoms with E-state index >= 15 is 4.39 Å². The summed E-state index contributed by atoms with van der Waals surface area (Å²) in [6, 6.07) is 3.99. The summed E-state index contributed by atoms with van der Waals surface area (Å²) in [4.78, 5) is 37.7. The highest BCUT2D eigenvalue weighted by atomic mass is 35.5. The van der Waals surface area contributed by atoms with E-state index in [2.05, 4.69) is 0 Å². The molecule has 3 amide bonds. The number of benzene rings is 2. The van der Waals surface area contributed by atoms with Crippen molar-refractivity contribution in [1.82, 2.24) is 5.32 Å². The number of imide groups is 1. The van der Waals surface area contributed by atoms with Crippen molar-refractivity contribution in [3.8, 4) is 5.75 Å². The van der Waals surface area contributed by atoms with E-state index < -0.39 is 57.7 Å². The highest BCUT2D eigenvalue weighted by Crippen LogP contribution is 2.51. The van der Waals surface area contributed by atoms with Crippen molar-refractivity contribution >= 4 is 35.2 Å². The molecular formula is C21H17ClF4N2O5. The smallest absolute Gasteiger partial charge is 0.416 e. The summed E-state index contributed by atoms with van der Waals surface area (Å²) in [7, 11) is 1.18. The molecule has 0 radical (unpaired) electrons. The number of ether oxygens (including phenoxy) is 1. The predicted octanol–water partition coefficient (Wildman–Crippen LogP) is 4.50. The van der Waals surface area contributed by atoms with Gasteiger partial charge in [-0.15, -0.1) is 0 Å². The summed E-state index contributed by atoms with van der Waals surface area (Å²) in [5.41, 5.74) is -8.01. The Morgan fingerprint density at radius 1 is 1.12 bits per heavy atom. The standard InChI is InChI=1S/C21H17ClF4N2O5/c1-19(2,17(30)31)27-18(32)28-14-8-10(21(24,25)26)4-6-12(14)20(23,16(28)29)13-9-11(22)5-7-15(13)33-3/h4-9H,1-3H3,(H,27,32)(H,30,31)/t20-/m0/s1. The average Bonchev–Trinajstić information content (AvgIpc) is 2.94. The number of fused-ring (bicyclic) bond motifs is 1. The summed E-state index contributed by atoms with van der Waals surface area (Å²) in [6.45, 7) is 2.17. The molecule has 2 aromatic rings. The van der Waals surface area contributed by atoms with E-state index in [1.807, 2.05) is 5.32 Å². The maximum Gasteiger partial charge on any atom is 0.416 e. The van der Waals surface area contributed by atoms with Gasteiger partial charge in [-0.1, -0.05) is 17.7 Å². The number of carboxylic acids is 1. The average molecular weight is 489 g/mol. The zero-order valence-corrected chi connectivity index (χ0v) is 18.1. The molecule has 0 unspecified atom stereocenters. The van der Waals surface area contributed by atoms with Crippen LogP contribution in [0.25, 0.3) is 0 Å². The first-order chi connectivity index (χ1) is 15.1. The van der Waals surface area contributed by atoms with E-state index in [1.54, 1.807) is 0 Å². The highest BCUT2D eigenvalue weighted by Gasteiger charge is 2.57. The lowest BCUT2D eigenvalue weighted by atomic mass is 9.88. The molecule has 12 heteroatoms. The monoisotopic (exact) mass is 488 g/mol. The fourth-order valence-corrected chi connectivity index (χ4v) is 3.52. The summed E-state index contributed by atoms with van der Waals surface area (Å²) >= 11 is 5.95. The largest absolute Gasteiger partial charge is 0.496 e. The summed E-state index contributed by atoms with van der Waals surface area (Å²) in [6.07, 6.45) is -4.87. The fraction of sp³-hybridized carbons (Fsp3) is 0.286. The second-order valence-electron chi connectivity index (χ2n) is 7.73. The van der Waals surface area contributed by atoms with Gasteiger partial charge in [0.1, 0.15) is 11.3 Å². The Morgan fingerprint density at radius 3 is 2.30 bits per heavy atom. The summed E-state index contributed by atoms with van der Waals surface area (Å²) in [5, 5.41) is 11.3. The molecule has 1 aliphatic rings. The molecule has 2 aromatic carbocycles. The van der Waals surface area contributed by atoms with E-state index in [1.165, 1.54) is 19.2 Å². The molecule has 1 atom stereocenters. The van der Waals surface area contributed by atoms with Crippen LogP contribution in [0.5, 0.6) is 5.75 Å². The number of alkyl halides is 4. The van der Waals surface area contributed by atoms with Crippen LogP contribution in [-0.2, 0) is 21.4 Å². The van der Waals surface area contributed by atoms with Gasteiger partial charge in [0.2, 0.25) is 5.67 Å². The summed E-state index contributed by atoms with van der Waals surface area (Å²) in [5.74, 6) is -3.19. The number of carbonyl (C=O) groups excluding carboxylic acids is 2. The van der Waals surface area contributed by atoms with Crippen LogP contribution < -0.4 is 15.0 Å². The molecule has 0 saturated heterocycles. The van der Waals surface area contributed by atoms with Crippen molar-refractivity contribution in [2.45, 2.75) is 31.2 Å². The van der Waals surface area contributed by atoms with Gasteiger partial charge in [0.15, 0.2) is 0 Å². The molecular weight excluding hydrogens is 472 g/mol. The van der Waals surface area contributed by atoms with Gasteiger partial charge >= 0.3 is 18.2 Å². The molecule has 0 aromatic heterocycles. The lowest BCUT2D eigenvalue weighted by Gasteiger charge is -2.26.